The van der Waals surface area contributed by atoms with Crippen molar-refractivity contribution in [1.82, 2.24) is 4.98 Å². The quantitative estimate of drug-likeness (QED) is 0.822. The number of carbonyl (C=O) groups excluding carboxylic acids is 1. The number of anilines is 2. The summed E-state index contributed by atoms with van der Waals surface area (Å²) in [4.78, 5) is 16.1. The van der Waals surface area contributed by atoms with E-state index in [1.54, 1.807) is 18.2 Å². The molecule has 0 saturated carbocycles. The number of nitrogen functional groups attached to an aromatic ring is 1. The number of nitrogens with two attached hydrogens (primary N) is 1. The van der Waals surface area contributed by atoms with Crippen molar-refractivity contribution >= 4 is 39.7 Å². The Bertz CT molecular complexity index is 568. The Morgan fingerprint density at radius 3 is 2.94 bits per heavy atom. The zero-order valence-corrected chi connectivity index (χ0v) is 10.6. The van der Waals surface area contributed by atoms with Crippen molar-refractivity contribution in [2.45, 2.75) is 6.92 Å². The van der Waals surface area contributed by atoms with Gasteiger partial charge < -0.3 is 5.73 Å². The van der Waals surface area contributed by atoms with Crippen LogP contribution >= 0.6 is 22.9 Å². The van der Waals surface area contributed by atoms with Crippen LogP contribution in [0, 0.1) is 6.92 Å². The first kappa shape index (κ1) is 11.9. The highest BCUT2D eigenvalue weighted by Gasteiger charge is 2.13. The standard InChI is InChI=1S/C11H10ClN3OS/c1-6-5-17-11(14-6)15-10(16)7-3-2-4-8(12)9(7)13/h2-5H,13H2,1H3,(H,14,15,16). The largest absolute Gasteiger partial charge is 0.397 e. The van der Waals surface area contributed by atoms with Gasteiger partial charge in [-0.05, 0) is 19.1 Å². The van der Waals surface area contributed by atoms with Crippen molar-refractivity contribution in [3.63, 3.8) is 0 Å². The predicted molar refractivity (Wildman–Crippen MR) is 70.7 cm³/mol. The number of nitrogens with one attached hydrogen (secondary N) is 1. The summed E-state index contributed by atoms with van der Waals surface area (Å²) in [5.74, 6) is -0.306. The zero-order chi connectivity index (χ0) is 12.4. The Balaban J connectivity index is 2.23. The Morgan fingerprint density at radius 2 is 2.29 bits per heavy atom. The lowest BCUT2D eigenvalue weighted by Crippen LogP contribution is -2.14. The summed E-state index contributed by atoms with van der Waals surface area (Å²) in [5, 5.41) is 5.45. The molecular weight excluding hydrogens is 258 g/mol. The average Bonchev–Trinajstić information content (AvgIpc) is 2.68. The summed E-state index contributed by atoms with van der Waals surface area (Å²) in [7, 11) is 0. The second kappa shape index (κ2) is 4.73. The van der Waals surface area contributed by atoms with Crippen LogP contribution in [-0.4, -0.2) is 10.9 Å². The summed E-state index contributed by atoms with van der Waals surface area (Å²) < 4.78 is 0. The molecule has 88 valence electrons. The molecule has 0 bridgehead atoms. The lowest BCUT2D eigenvalue weighted by atomic mass is 10.1. The van der Waals surface area contributed by atoms with Gasteiger partial charge in [-0.15, -0.1) is 11.3 Å². The van der Waals surface area contributed by atoms with Gasteiger partial charge in [0.05, 0.1) is 22.0 Å². The summed E-state index contributed by atoms with van der Waals surface area (Å²) in [6.45, 7) is 1.86. The molecule has 0 aliphatic heterocycles. The fraction of sp³-hybridized carbons (Fsp3) is 0.0909. The molecule has 0 unspecified atom stereocenters. The van der Waals surface area contributed by atoms with E-state index < -0.39 is 0 Å². The van der Waals surface area contributed by atoms with Crippen molar-refractivity contribution in [2.24, 2.45) is 0 Å². The topological polar surface area (TPSA) is 68.0 Å². The number of para-hydroxylation sites is 1. The first-order chi connectivity index (χ1) is 8.08. The number of thiazole rings is 1. The SMILES string of the molecule is Cc1csc(NC(=O)c2cccc(Cl)c2N)n1. The molecule has 4 nitrogen and oxygen atoms in total. The highest BCUT2D eigenvalue weighted by atomic mass is 35.5. The van der Waals surface area contributed by atoms with Crippen molar-refractivity contribution in [2.75, 3.05) is 11.1 Å². The fourth-order valence-electron chi connectivity index (χ4n) is 1.31. The van der Waals surface area contributed by atoms with Gasteiger partial charge in [0.1, 0.15) is 0 Å². The first-order valence-corrected chi connectivity index (χ1v) is 6.11. The molecule has 6 heteroatoms. The van der Waals surface area contributed by atoms with Gasteiger partial charge in [0.25, 0.3) is 5.91 Å². The van der Waals surface area contributed by atoms with Gasteiger partial charge in [0, 0.05) is 5.38 Å². The van der Waals surface area contributed by atoms with E-state index in [0.29, 0.717) is 15.7 Å². The van der Waals surface area contributed by atoms with Crippen molar-refractivity contribution in [1.29, 1.82) is 0 Å². The minimum atomic E-state index is -0.306. The molecule has 2 rings (SSSR count). The Labute approximate surface area is 107 Å². The first-order valence-electron chi connectivity index (χ1n) is 4.85. The molecule has 0 radical (unpaired) electrons. The molecular formula is C11H10ClN3OS. The van der Waals surface area contributed by atoms with E-state index in [-0.39, 0.29) is 11.6 Å². The molecule has 1 aromatic heterocycles. The highest BCUT2D eigenvalue weighted by Crippen LogP contribution is 2.24. The number of hydrogen-bond acceptors (Lipinski definition) is 4. The van der Waals surface area contributed by atoms with Crippen molar-refractivity contribution in [3.05, 3.63) is 39.9 Å². The molecule has 0 aliphatic carbocycles. The van der Waals surface area contributed by atoms with Crippen LogP contribution in [0.5, 0.6) is 0 Å². The maximum absolute atomic E-state index is 11.9. The van der Waals surface area contributed by atoms with Crippen LogP contribution < -0.4 is 11.1 Å². The molecule has 1 aromatic carbocycles. The van der Waals surface area contributed by atoms with E-state index in [1.165, 1.54) is 11.3 Å². The lowest BCUT2D eigenvalue weighted by Gasteiger charge is -2.06. The number of amides is 1. The van der Waals surface area contributed by atoms with E-state index in [2.05, 4.69) is 10.3 Å². The molecule has 0 saturated heterocycles. The van der Waals surface area contributed by atoms with E-state index in [4.69, 9.17) is 17.3 Å². The van der Waals surface area contributed by atoms with E-state index in [0.717, 1.165) is 5.69 Å². The van der Waals surface area contributed by atoms with E-state index in [1.807, 2.05) is 12.3 Å². The van der Waals surface area contributed by atoms with Crippen LogP contribution in [0.15, 0.2) is 23.6 Å². The maximum Gasteiger partial charge on any atom is 0.259 e. The van der Waals surface area contributed by atoms with Crippen LogP contribution in [0.3, 0.4) is 0 Å². The number of aromatic nitrogens is 1. The van der Waals surface area contributed by atoms with Crippen LogP contribution in [0.4, 0.5) is 10.8 Å². The molecule has 1 heterocycles. The third-order valence-electron chi connectivity index (χ3n) is 2.14. The van der Waals surface area contributed by atoms with Crippen LogP contribution in [0.2, 0.25) is 5.02 Å². The summed E-state index contributed by atoms with van der Waals surface area (Å²) in [6.07, 6.45) is 0. The zero-order valence-electron chi connectivity index (χ0n) is 9.03. The van der Waals surface area contributed by atoms with Gasteiger partial charge >= 0.3 is 0 Å². The van der Waals surface area contributed by atoms with E-state index >= 15 is 0 Å². The predicted octanol–water partition coefficient (Wildman–Crippen LogP) is 2.94. The third-order valence-corrected chi connectivity index (χ3v) is 3.34. The minimum absolute atomic E-state index is 0.278. The number of aryl methyl sites for hydroxylation is 1. The molecule has 0 spiro atoms. The summed E-state index contributed by atoms with van der Waals surface area (Å²) in [6, 6.07) is 4.94. The number of benzene rings is 1. The monoisotopic (exact) mass is 267 g/mol. The third kappa shape index (κ3) is 2.57. The van der Waals surface area contributed by atoms with Gasteiger partial charge in [0.15, 0.2) is 5.13 Å². The molecule has 0 aliphatic rings. The Kier molecular flexibility index (Phi) is 3.31. The molecule has 0 fully saturated rings. The molecule has 2 aromatic rings. The van der Waals surface area contributed by atoms with Gasteiger partial charge in [-0.3, -0.25) is 10.1 Å². The second-order valence-corrected chi connectivity index (χ2v) is 4.71. The number of halogens is 1. The number of rotatable bonds is 2. The smallest absolute Gasteiger partial charge is 0.259 e. The summed E-state index contributed by atoms with van der Waals surface area (Å²) >= 11 is 7.21. The number of nitrogens with zero attached hydrogens (tertiary/aromatic N) is 1. The van der Waals surface area contributed by atoms with Gasteiger partial charge in [0.2, 0.25) is 0 Å². The minimum Gasteiger partial charge on any atom is -0.397 e. The lowest BCUT2D eigenvalue weighted by molar-refractivity contribution is 0.102. The highest BCUT2D eigenvalue weighted by molar-refractivity contribution is 7.13. The van der Waals surface area contributed by atoms with Gasteiger partial charge in [-0.1, -0.05) is 17.7 Å². The van der Waals surface area contributed by atoms with Crippen LogP contribution in [0.1, 0.15) is 16.1 Å². The Morgan fingerprint density at radius 1 is 1.53 bits per heavy atom. The van der Waals surface area contributed by atoms with Crippen molar-refractivity contribution in [3.8, 4) is 0 Å². The van der Waals surface area contributed by atoms with Gasteiger partial charge in [-0.25, -0.2) is 4.98 Å². The maximum atomic E-state index is 11.9. The fourth-order valence-corrected chi connectivity index (χ4v) is 2.17. The van der Waals surface area contributed by atoms with Crippen molar-refractivity contribution < 1.29 is 4.79 Å². The Hall–Kier alpha value is -1.59. The molecule has 0 atom stereocenters. The molecule has 17 heavy (non-hydrogen) atoms. The number of carbonyl (C=O) groups is 1. The van der Waals surface area contributed by atoms with E-state index in [9.17, 15) is 4.79 Å². The normalized spacial score (nSPS) is 10.2. The second-order valence-electron chi connectivity index (χ2n) is 3.45. The van der Waals surface area contributed by atoms with Gasteiger partial charge in [-0.2, -0.15) is 0 Å². The summed E-state index contributed by atoms with van der Waals surface area (Å²) in [5.41, 5.74) is 7.23. The number of hydrogen-bond donors (Lipinski definition) is 2. The van der Waals surface area contributed by atoms with Crippen LogP contribution in [0.25, 0.3) is 0 Å². The average molecular weight is 268 g/mol. The molecule has 3 N–H and O–H groups in total. The molecule has 1 amide bonds. The van der Waals surface area contributed by atoms with Crippen LogP contribution in [-0.2, 0) is 0 Å².